The lowest BCUT2D eigenvalue weighted by Gasteiger charge is -2.26. The van der Waals surface area contributed by atoms with Crippen molar-refractivity contribution in [3.63, 3.8) is 0 Å². The lowest BCUT2D eigenvalue weighted by molar-refractivity contribution is -0.141. The molecule has 1 aromatic heterocycles. The summed E-state index contributed by atoms with van der Waals surface area (Å²) in [6.45, 7) is 7.96. The van der Waals surface area contributed by atoms with Crippen molar-refractivity contribution in [2.45, 2.75) is 26.3 Å². The quantitative estimate of drug-likeness (QED) is 0.823. The zero-order valence-corrected chi connectivity index (χ0v) is 14.7. The van der Waals surface area contributed by atoms with E-state index in [9.17, 15) is 4.79 Å². The molecular formula is C19H27N3O2. The lowest BCUT2D eigenvalue weighted by Crippen LogP contribution is -2.43. The molecule has 1 aliphatic rings. The molecule has 0 aliphatic carbocycles. The number of ether oxygens (including phenoxy) is 1. The van der Waals surface area contributed by atoms with Gasteiger partial charge in [-0.1, -0.05) is 12.1 Å². The van der Waals surface area contributed by atoms with Gasteiger partial charge in [0, 0.05) is 43.3 Å². The van der Waals surface area contributed by atoms with Gasteiger partial charge in [0.1, 0.15) is 6.54 Å². The van der Waals surface area contributed by atoms with E-state index >= 15 is 0 Å². The summed E-state index contributed by atoms with van der Waals surface area (Å²) in [5.41, 5.74) is 3.65. The highest BCUT2D eigenvalue weighted by molar-refractivity contribution is 5.86. The van der Waals surface area contributed by atoms with Gasteiger partial charge in [0.15, 0.2) is 0 Å². The van der Waals surface area contributed by atoms with Gasteiger partial charge in [-0.05, 0) is 43.5 Å². The van der Waals surface area contributed by atoms with E-state index in [-0.39, 0.29) is 12.5 Å². The van der Waals surface area contributed by atoms with Crippen molar-refractivity contribution in [2.75, 3.05) is 39.8 Å². The van der Waals surface area contributed by atoms with E-state index < -0.39 is 0 Å². The second-order valence-electron chi connectivity index (χ2n) is 6.57. The Kier molecular flexibility index (Phi) is 5.53. The van der Waals surface area contributed by atoms with E-state index in [0.717, 1.165) is 51.1 Å². The highest BCUT2D eigenvalue weighted by Crippen LogP contribution is 2.24. The summed E-state index contributed by atoms with van der Waals surface area (Å²) in [6.07, 6.45) is 4.31. The number of methoxy groups -OCH3 is 1. The molecule has 1 saturated heterocycles. The van der Waals surface area contributed by atoms with Crippen molar-refractivity contribution in [3.05, 3.63) is 35.5 Å². The van der Waals surface area contributed by atoms with Crippen molar-refractivity contribution >= 4 is 16.9 Å². The summed E-state index contributed by atoms with van der Waals surface area (Å²) in [4.78, 5) is 14.2. The van der Waals surface area contributed by atoms with E-state index in [4.69, 9.17) is 4.74 Å². The van der Waals surface area contributed by atoms with Gasteiger partial charge in [-0.25, -0.2) is 0 Å². The number of nitrogens with zero attached hydrogens (tertiary/aromatic N) is 2. The number of rotatable bonds is 6. The maximum absolute atomic E-state index is 11.7. The predicted octanol–water partition coefficient (Wildman–Crippen LogP) is 1.96. The summed E-state index contributed by atoms with van der Waals surface area (Å²) >= 11 is 0. The van der Waals surface area contributed by atoms with Gasteiger partial charge in [0.05, 0.1) is 7.11 Å². The molecule has 24 heavy (non-hydrogen) atoms. The van der Waals surface area contributed by atoms with E-state index in [2.05, 4.69) is 41.5 Å². The number of piperazine rings is 1. The SMILES string of the molecule is COC(=O)Cn1cc(CCCN2CCNCC2)c2ccc(C)cc21. The number of aromatic nitrogens is 1. The summed E-state index contributed by atoms with van der Waals surface area (Å²) in [5, 5.41) is 4.64. The molecule has 1 aromatic carbocycles. The van der Waals surface area contributed by atoms with E-state index in [1.54, 1.807) is 0 Å². The maximum Gasteiger partial charge on any atom is 0.325 e. The average Bonchev–Trinajstić information content (AvgIpc) is 2.92. The van der Waals surface area contributed by atoms with Gasteiger partial charge in [0.25, 0.3) is 0 Å². The topological polar surface area (TPSA) is 46.5 Å². The number of aryl methyl sites for hydroxylation is 2. The minimum Gasteiger partial charge on any atom is -0.468 e. The molecule has 130 valence electrons. The molecule has 0 amide bonds. The standard InChI is InChI=1S/C19H27N3O2/c1-15-5-6-17-16(4-3-9-21-10-7-20-8-11-21)13-22(18(17)12-15)14-19(23)24-2/h5-6,12-13,20H,3-4,7-11,14H2,1-2H3. The Labute approximate surface area is 143 Å². The van der Waals surface area contributed by atoms with Crippen LogP contribution in [0.3, 0.4) is 0 Å². The Morgan fingerprint density at radius 1 is 1.29 bits per heavy atom. The van der Waals surface area contributed by atoms with Crippen LogP contribution in [0.5, 0.6) is 0 Å². The highest BCUT2D eigenvalue weighted by atomic mass is 16.5. The third kappa shape index (κ3) is 3.97. The molecule has 0 spiro atoms. The van der Waals surface area contributed by atoms with Gasteiger partial charge in [-0.15, -0.1) is 0 Å². The predicted molar refractivity (Wildman–Crippen MR) is 96.3 cm³/mol. The number of carbonyl (C=O) groups is 1. The second kappa shape index (κ2) is 7.81. The number of fused-ring (bicyclic) bond motifs is 1. The van der Waals surface area contributed by atoms with Gasteiger partial charge in [0.2, 0.25) is 0 Å². The Hall–Kier alpha value is -1.85. The fourth-order valence-electron chi connectivity index (χ4n) is 3.44. The first kappa shape index (κ1) is 17.0. The molecule has 2 heterocycles. The van der Waals surface area contributed by atoms with Crippen LogP contribution < -0.4 is 5.32 Å². The van der Waals surface area contributed by atoms with Crippen LogP contribution in [0.4, 0.5) is 0 Å². The minimum atomic E-state index is -0.208. The number of hydrogen-bond acceptors (Lipinski definition) is 4. The fraction of sp³-hybridized carbons (Fsp3) is 0.526. The highest BCUT2D eigenvalue weighted by Gasteiger charge is 2.13. The number of carbonyl (C=O) groups excluding carboxylic acids is 1. The van der Waals surface area contributed by atoms with Crippen LogP contribution in [0, 0.1) is 6.92 Å². The average molecular weight is 329 g/mol. The third-order valence-corrected chi connectivity index (χ3v) is 4.78. The van der Waals surface area contributed by atoms with Crippen LogP contribution in [-0.4, -0.2) is 55.3 Å². The zero-order chi connectivity index (χ0) is 16.9. The molecule has 1 N–H and O–H groups in total. The fourth-order valence-corrected chi connectivity index (χ4v) is 3.44. The number of esters is 1. The van der Waals surface area contributed by atoms with Gasteiger partial charge >= 0.3 is 5.97 Å². The van der Waals surface area contributed by atoms with E-state index in [1.807, 2.05) is 4.57 Å². The molecule has 5 heteroatoms. The summed E-state index contributed by atoms with van der Waals surface area (Å²) in [5.74, 6) is -0.208. The van der Waals surface area contributed by atoms with Crippen molar-refractivity contribution in [2.24, 2.45) is 0 Å². The largest absolute Gasteiger partial charge is 0.468 e. The number of hydrogen-bond donors (Lipinski definition) is 1. The van der Waals surface area contributed by atoms with Crippen LogP contribution >= 0.6 is 0 Å². The summed E-state index contributed by atoms with van der Waals surface area (Å²) in [7, 11) is 1.44. The first-order valence-electron chi connectivity index (χ1n) is 8.75. The lowest BCUT2D eigenvalue weighted by atomic mass is 10.1. The van der Waals surface area contributed by atoms with Crippen LogP contribution in [0.15, 0.2) is 24.4 Å². The minimum absolute atomic E-state index is 0.208. The summed E-state index contributed by atoms with van der Waals surface area (Å²) in [6, 6.07) is 6.47. The van der Waals surface area contributed by atoms with E-state index in [1.165, 1.54) is 23.6 Å². The molecule has 1 aliphatic heterocycles. The van der Waals surface area contributed by atoms with Crippen molar-refractivity contribution in [1.82, 2.24) is 14.8 Å². The molecule has 1 fully saturated rings. The second-order valence-corrected chi connectivity index (χ2v) is 6.57. The maximum atomic E-state index is 11.7. The Morgan fingerprint density at radius 3 is 2.83 bits per heavy atom. The molecule has 0 atom stereocenters. The Balaban J connectivity index is 1.73. The molecule has 0 saturated carbocycles. The monoisotopic (exact) mass is 329 g/mol. The molecule has 0 radical (unpaired) electrons. The van der Waals surface area contributed by atoms with E-state index in [0.29, 0.717) is 0 Å². The zero-order valence-electron chi connectivity index (χ0n) is 14.7. The Bertz CT molecular complexity index is 702. The molecule has 2 aromatic rings. The van der Waals surface area contributed by atoms with Gasteiger partial charge < -0.3 is 19.5 Å². The van der Waals surface area contributed by atoms with Crippen molar-refractivity contribution in [1.29, 1.82) is 0 Å². The van der Waals surface area contributed by atoms with Crippen LogP contribution in [0.25, 0.3) is 10.9 Å². The van der Waals surface area contributed by atoms with Crippen molar-refractivity contribution < 1.29 is 9.53 Å². The molecule has 0 unspecified atom stereocenters. The van der Waals surface area contributed by atoms with Crippen molar-refractivity contribution in [3.8, 4) is 0 Å². The first-order valence-corrected chi connectivity index (χ1v) is 8.75. The number of nitrogens with one attached hydrogen (secondary N) is 1. The van der Waals surface area contributed by atoms with Gasteiger partial charge in [-0.3, -0.25) is 4.79 Å². The third-order valence-electron chi connectivity index (χ3n) is 4.78. The summed E-state index contributed by atoms with van der Waals surface area (Å²) < 4.78 is 6.85. The van der Waals surface area contributed by atoms with Crippen LogP contribution in [-0.2, 0) is 22.5 Å². The molecule has 3 rings (SSSR count). The molecular weight excluding hydrogens is 302 g/mol. The van der Waals surface area contributed by atoms with Gasteiger partial charge in [-0.2, -0.15) is 0 Å². The first-order chi connectivity index (χ1) is 11.7. The molecule has 0 bridgehead atoms. The van der Waals surface area contributed by atoms with Crippen LogP contribution in [0.1, 0.15) is 17.5 Å². The van der Waals surface area contributed by atoms with Crippen LogP contribution in [0.2, 0.25) is 0 Å². The Morgan fingerprint density at radius 2 is 2.08 bits per heavy atom. The number of benzene rings is 1. The molecule has 5 nitrogen and oxygen atoms in total. The normalized spacial score (nSPS) is 15.8. The smallest absolute Gasteiger partial charge is 0.325 e.